The maximum Gasteiger partial charge on any atom is 0.251 e. The normalized spacial score (nSPS) is 10.7. The Morgan fingerprint density at radius 3 is 2.14 bits per heavy atom. The number of thioether (sulfide) groups is 1. The molecular weight excluding hydrogens is 292 g/mol. The van der Waals surface area contributed by atoms with Crippen LogP contribution in [0, 0.1) is 0 Å². The van der Waals surface area contributed by atoms with Crippen LogP contribution < -0.4 is 5.32 Å². The minimum Gasteiger partial charge on any atom is -0.348 e. The molecule has 22 heavy (non-hydrogen) atoms. The largest absolute Gasteiger partial charge is 0.348 e. The SMILES string of the molecule is CSc1ccc(C(=O)NCc2ccc(CN(C)C)cc2)cc1. The van der Waals surface area contributed by atoms with Crippen molar-refractivity contribution in [1.29, 1.82) is 0 Å². The number of rotatable bonds is 6. The van der Waals surface area contributed by atoms with Crippen molar-refractivity contribution in [2.24, 2.45) is 0 Å². The number of nitrogens with one attached hydrogen (secondary N) is 1. The molecule has 0 radical (unpaired) electrons. The van der Waals surface area contributed by atoms with Gasteiger partial charge >= 0.3 is 0 Å². The molecule has 1 amide bonds. The van der Waals surface area contributed by atoms with Gasteiger partial charge in [-0.3, -0.25) is 4.79 Å². The molecule has 0 bridgehead atoms. The topological polar surface area (TPSA) is 32.3 Å². The van der Waals surface area contributed by atoms with Crippen LogP contribution in [0.4, 0.5) is 0 Å². The van der Waals surface area contributed by atoms with E-state index in [1.807, 2.05) is 30.5 Å². The summed E-state index contributed by atoms with van der Waals surface area (Å²) in [4.78, 5) is 15.4. The van der Waals surface area contributed by atoms with E-state index in [0.29, 0.717) is 12.1 Å². The predicted molar refractivity (Wildman–Crippen MR) is 93.2 cm³/mol. The summed E-state index contributed by atoms with van der Waals surface area (Å²) in [6.45, 7) is 1.47. The highest BCUT2D eigenvalue weighted by atomic mass is 32.2. The van der Waals surface area contributed by atoms with Crippen molar-refractivity contribution in [2.45, 2.75) is 18.0 Å². The van der Waals surface area contributed by atoms with Gasteiger partial charge in [-0.1, -0.05) is 24.3 Å². The molecule has 0 fully saturated rings. The number of hydrogen-bond donors (Lipinski definition) is 1. The van der Waals surface area contributed by atoms with Crippen LogP contribution in [0.1, 0.15) is 21.5 Å². The Hall–Kier alpha value is -1.78. The number of hydrogen-bond acceptors (Lipinski definition) is 3. The summed E-state index contributed by atoms with van der Waals surface area (Å²) in [6, 6.07) is 16.0. The number of amides is 1. The molecule has 0 saturated carbocycles. The quantitative estimate of drug-likeness (QED) is 0.830. The van der Waals surface area contributed by atoms with Crippen molar-refractivity contribution < 1.29 is 4.79 Å². The summed E-state index contributed by atoms with van der Waals surface area (Å²) in [5.74, 6) is -0.0370. The van der Waals surface area contributed by atoms with Crippen LogP contribution in [0.2, 0.25) is 0 Å². The fourth-order valence-electron chi connectivity index (χ4n) is 2.15. The van der Waals surface area contributed by atoms with Gasteiger partial charge in [0.25, 0.3) is 5.91 Å². The Morgan fingerprint density at radius 2 is 1.59 bits per heavy atom. The van der Waals surface area contributed by atoms with Crippen LogP contribution >= 0.6 is 11.8 Å². The van der Waals surface area contributed by atoms with Crippen LogP contribution in [0.5, 0.6) is 0 Å². The fourth-order valence-corrected chi connectivity index (χ4v) is 2.56. The highest BCUT2D eigenvalue weighted by Gasteiger charge is 2.05. The van der Waals surface area contributed by atoms with Gasteiger partial charge in [-0.15, -0.1) is 11.8 Å². The Balaban J connectivity index is 1.90. The lowest BCUT2D eigenvalue weighted by molar-refractivity contribution is 0.0951. The summed E-state index contributed by atoms with van der Waals surface area (Å²) in [5, 5.41) is 2.96. The summed E-state index contributed by atoms with van der Waals surface area (Å²) >= 11 is 1.67. The Kier molecular flexibility index (Phi) is 6.04. The number of carbonyl (C=O) groups is 1. The van der Waals surface area contributed by atoms with E-state index >= 15 is 0 Å². The standard InChI is InChI=1S/C18H22N2OS/c1-20(2)13-15-6-4-14(5-7-15)12-19-18(21)16-8-10-17(22-3)11-9-16/h4-11H,12-13H2,1-3H3,(H,19,21). The average molecular weight is 314 g/mol. The predicted octanol–water partition coefficient (Wildman–Crippen LogP) is 3.40. The van der Waals surface area contributed by atoms with Crippen molar-refractivity contribution in [3.8, 4) is 0 Å². The molecule has 2 rings (SSSR count). The van der Waals surface area contributed by atoms with Crippen LogP contribution in [0.15, 0.2) is 53.4 Å². The fraction of sp³-hybridized carbons (Fsp3) is 0.278. The first-order chi connectivity index (χ1) is 10.6. The van der Waals surface area contributed by atoms with Crippen molar-refractivity contribution in [2.75, 3.05) is 20.4 Å². The molecule has 4 heteroatoms. The third-order valence-electron chi connectivity index (χ3n) is 3.33. The second-order valence-electron chi connectivity index (χ2n) is 5.47. The van der Waals surface area contributed by atoms with Gasteiger partial charge in [-0.2, -0.15) is 0 Å². The van der Waals surface area contributed by atoms with Crippen LogP contribution in [0.3, 0.4) is 0 Å². The molecular formula is C18H22N2OS. The van der Waals surface area contributed by atoms with Gasteiger partial charge < -0.3 is 10.2 Å². The maximum atomic E-state index is 12.1. The number of benzene rings is 2. The van der Waals surface area contributed by atoms with Gasteiger partial charge in [0.2, 0.25) is 0 Å². The molecule has 1 N–H and O–H groups in total. The van der Waals surface area contributed by atoms with E-state index in [1.54, 1.807) is 11.8 Å². The van der Waals surface area contributed by atoms with E-state index in [4.69, 9.17) is 0 Å². The smallest absolute Gasteiger partial charge is 0.251 e. The first-order valence-corrected chi connectivity index (χ1v) is 8.46. The highest BCUT2D eigenvalue weighted by Crippen LogP contribution is 2.15. The van der Waals surface area contributed by atoms with E-state index in [9.17, 15) is 4.79 Å². The summed E-state index contributed by atoms with van der Waals surface area (Å²) in [5.41, 5.74) is 3.08. The molecule has 116 valence electrons. The summed E-state index contributed by atoms with van der Waals surface area (Å²) < 4.78 is 0. The zero-order valence-corrected chi connectivity index (χ0v) is 14.1. The molecule has 0 aliphatic carbocycles. The molecule has 2 aromatic rings. The van der Waals surface area contributed by atoms with E-state index < -0.39 is 0 Å². The van der Waals surface area contributed by atoms with Gasteiger partial charge in [0.05, 0.1) is 0 Å². The molecule has 0 unspecified atom stereocenters. The molecule has 0 spiro atoms. The van der Waals surface area contributed by atoms with Gasteiger partial charge in [0.15, 0.2) is 0 Å². The molecule has 0 aliphatic rings. The van der Waals surface area contributed by atoms with Crippen LogP contribution in [-0.4, -0.2) is 31.2 Å². The maximum absolute atomic E-state index is 12.1. The lowest BCUT2D eigenvalue weighted by atomic mass is 10.1. The Labute approximate surface area is 136 Å². The zero-order chi connectivity index (χ0) is 15.9. The Morgan fingerprint density at radius 1 is 1.00 bits per heavy atom. The van der Waals surface area contributed by atoms with Gasteiger partial charge in [-0.25, -0.2) is 0 Å². The van der Waals surface area contributed by atoms with Crippen LogP contribution in [0.25, 0.3) is 0 Å². The summed E-state index contributed by atoms with van der Waals surface area (Å²) in [7, 11) is 4.10. The zero-order valence-electron chi connectivity index (χ0n) is 13.3. The Bertz CT molecular complexity index is 606. The lowest BCUT2D eigenvalue weighted by Gasteiger charge is -2.10. The van der Waals surface area contributed by atoms with Gasteiger partial charge in [0, 0.05) is 23.5 Å². The van der Waals surface area contributed by atoms with Crippen molar-refractivity contribution in [3.05, 3.63) is 65.2 Å². The minimum absolute atomic E-state index is 0.0370. The minimum atomic E-state index is -0.0370. The number of nitrogens with zero attached hydrogens (tertiary/aromatic N) is 1. The van der Waals surface area contributed by atoms with E-state index in [2.05, 4.69) is 48.6 Å². The third kappa shape index (κ3) is 4.90. The van der Waals surface area contributed by atoms with E-state index in [0.717, 1.165) is 17.0 Å². The van der Waals surface area contributed by atoms with Crippen molar-refractivity contribution >= 4 is 17.7 Å². The van der Waals surface area contributed by atoms with E-state index in [1.165, 1.54) is 5.56 Å². The highest BCUT2D eigenvalue weighted by molar-refractivity contribution is 7.98. The van der Waals surface area contributed by atoms with Crippen LogP contribution in [-0.2, 0) is 13.1 Å². The van der Waals surface area contributed by atoms with Crippen molar-refractivity contribution in [1.82, 2.24) is 10.2 Å². The molecule has 0 aliphatic heterocycles. The molecule has 2 aromatic carbocycles. The first-order valence-electron chi connectivity index (χ1n) is 7.23. The average Bonchev–Trinajstić information content (AvgIpc) is 2.53. The molecule has 0 heterocycles. The summed E-state index contributed by atoms with van der Waals surface area (Å²) in [6.07, 6.45) is 2.02. The molecule has 0 saturated heterocycles. The molecule has 0 atom stereocenters. The van der Waals surface area contributed by atoms with E-state index in [-0.39, 0.29) is 5.91 Å². The molecule has 3 nitrogen and oxygen atoms in total. The third-order valence-corrected chi connectivity index (χ3v) is 4.07. The van der Waals surface area contributed by atoms with Gasteiger partial charge in [0.1, 0.15) is 0 Å². The second kappa shape index (κ2) is 8.01. The van der Waals surface area contributed by atoms with Gasteiger partial charge in [-0.05, 0) is 55.7 Å². The number of carbonyl (C=O) groups excluding carboxylic acids is 1. The monoisotopic (exact) mass is 314 g/mol. The van der Waals surface area contributed by atoms with Crippen molar-refractivity contribution in [3.63, 3.8) is 0 Å². The first kappa shape index (κ1) is 16.6. The second-order valence-corrected chi connectivity index (χ2v) is 6.35. The lowest BCUT2D eigenvalue weighted by Crippen LogP contribution is -2.22. The molecule has 0 aromatic heterocycles.